The molecule has 0 amide bonds. The number of phenols is 6. The summed E-state index contributed by atoms with van der Waals surface area (Å²) in [5.41, 5.74) is 2.82. The van der Waals surface area contributed by atoms with Crippen molar-refractivity contribution in [2.45, 2.75) is 52.7 Å². The third-order valence-electron chi connectivity index (χ3n) is 13.8. The van der Waals surface area contributed by atoms with Gasteiger partial charge in [-0.05, 0) is 223 Å². The van der Waals surface area contributed by atoms with E-state index < -0.39 is 11.2 Å². The van der Waals surface area contributed by atoms with Crippen molar-refractivity contribution < 1.29 is 93.3 Å². The van der Waals surface area contributed by atoms with Crippen molar-refractivity contribution in [2.24, 2.45) is 14.1 Å². The Morgan fingerprint density at radius 1 is 0.312 bits per heavy atom. The molecule has 0 atom stereocenters. The Morgan fingerprint density at radius 2 is 0.542 bits per heavy atom. The van der Waals surface area contributed by atoms with Crippen LogP contribution in [0.4, 0.5) is 0 Å². The summed E-state index contributed by atoms with van der Waals surface area (Å²) >= 11 is 20.8. The minimum Gasteiger partial charge on any atom is -0.507 e. The van der Waals surface area contributed by atoms with Gasteiger partial charge in [-0.15, -0.1) is 0 Å². The zero-order valence-corrected chi connectivity index (χ0v) is 67.9. The van der Waals surface area contributed by atoms with Crippen LogP contribution in [-0.4, -0.2) is 71.2 Å². The van der Waals surface area contributed by atoms with Crippen molar-refractivity contribution in [1.82, 2.24) is 19.1 Å². The molecule has 2 aromatic heterocycles. The predicted octanol–water partition coefficient (Wildman–Crippen LogP) is 22.2. The molecule has 0 aliphatic rings. The van der Waals surface area contributed by atoms with Gasteiger partial charge in [-0.25, -0.2) is 9.97 Å². The Hall–Kier alpha value is -6.01. The quantitative estimate of drug-likeness (QED) is 0.0843. The molecule has 0 saturated heterocycles. The summed E-state index contributed by atoms with van der Waals surface area (Å²) in [6.07, 6.45) is 10.8. The molecule has 14 aromatic rings. The van der Waals surface area contributed by atoms with Crippen molar-refractivity contribution in [3.8, 4) is 67.9 Å². The van der Waals surface area contributed by atoms with Crippen LogP contribution in [0.25, 0.3) is 98.0 Å². The van der Waals surface area contributed by atoms with E-state index in [0.29, 0.717) is 42.3 Å². The monoisotopic (exact) mass is 1820 g/mol. The van der Waals surface area contributed by atoms with Gasteiger partial charge in [-0.3, -0.25) is 0 Å². The fourth-order valence-electron chi connectivity index (χ4n) is 9.97. The van der Waals surface area contributed by atoms with E-state index in [1.807, 2.05) is 193 Å². The zero-order valence-electron chi connectivity index (χ0n) is 53.4. The second-order valence-corrected chi connectivity index (χ2v) is 29.1. The summed E-state index contributed by atoms with van der Waals surface area (Å²) in [6, 6.07) is 57.1. The SMILES string of the molecule is CC(C)(C)O.CC(C)(C)O.Cn1ccnc1.Cn1ccnc1.Oc1c(Br)cc2ccccc2c1-c1c(O)c(Br)cc2ccccc12.Oc1ccc2cc(Br)ccc2c1-c1c(O)ccc2cc(Br)ccc12.Oc1ccc2cc(Br)ccc2c1-c1c(O)ccc2cc(Br)ccc12.[Zr].[Zr]. The molecule has 96 heavy (non-hydrogen) atoms. The number of imidazole rings is 2. The number of hydrogen-bond donors (Lipinski definition) is 8. The van der Waals surface area contributed by atoms with Crippen LogP contribution in [0.15, 0.2) is 246 Å². The third-order valence-corrected chi connectivity index (χ3v) is 17.0. The molecule has 12 aromatic carbocycles. The van der Waals surface area contributed by atoms with Gasteiger partial charge in [0.2, 0.25) is 0 Å². The zero-order chi connectivity index (χ0) is 68.3. The molecule has 0 fully saturated rings. The summed E-state index contributed by atoms with van der Waals surface area (Å²) in [6.45, 7) is 10.5. The van der Waals surface area contributed by atoms with Gasteiger partial charge in [0.1, 0.15) is 34.5 Å². The summed E-state index contributed by atoms with van der Waals surface area (Å²) in [5, 5.41) is 92.0. The number of benzene rings is 12. The summed E-state index contributed by atoms with van der Waals surface area (Å²) in [7, 11) is 3.88. The summed E-state index contributed by atoms with van der Waals surface area (Å²) < 4.78 is 8.85. The van der Waals surface area contributed by atoms with Gasteiger partial charge in [-0.1, -0.05) is 161 Å². The van der Waals surface area contributed by atoms with Crippen molar-refractivity contribution >= 4 is 160 Å². The molecule has 14 rings (SSSR count). The number of aryl methyl sites for hydroxylation is 2. The van der Waals surface area contributed by atoms with E-state index >= 15 is 0 Å². The van der Waals surface area contributed by atoms with Gasteiger partial charge >= 0.3 is 0 Å². The van der Waals surface area contributed by atoms with Crippen molar-refractivity contribution in [3.05, 3.63) is 246 Å². The molecule has 2 heterocycles. The molecular formula is C76H68Br6N4O8Zr2. The number of aromatic hydroxyl groups is 6. The Balaban J connectivity index is 0.000000194. The summed E-state index contributed by atoms with van der Waals surface area (Å²) in [4.78, 5) is 7.57. The van der Waals surface area contributed by atoms with Crippen molar-refractivity contribution in [3.63, 3.8) is 0 Å². The van der Waals surface area contributed by atoms with Crippen LogP contribution in [0, 0.1) is 0 Å². The van der Waals surface area contributed by atoms with E-state index in [2.05, 4.69) is 106 Å². The molecule has 0 aliphatic carbocycles. The molecule has 0 saturated carbocycles. The maximum absolute atomic E-state index is 10.8. The average molecular weight is 1830 g/mol. The average Bonchev–Trinajstić information content (AvgIpc) is 0.785. The number of halogens is 6. The van der Waals surface area contributed by atoms with Gasteiger partial charge in [0, 0.05) is 143 Å². The molecule has 12 nitrogen and oxygen atoms in total. The standard InChI is InChI=1S/3C20H12Br2O2.2C4H6N2.2C4H10O.2Zr/c2*21-13-3-5-15-11(9-13)1-7-17(23)19(15)20-16-6-4-14(22)10-12(16)2-8-18(20)24;21-15-9-11-5-1-3-7-13(11)17(19(15)23)18-14-8-4-2-6-12(14)10-16(22)20(18)24;2*1-6-3-2-5-4-6;2*1-4(2,3)5;;/h3*1-10,23-24H;2*2-4H,1H3;2*5H,1-3H3;;. The number of aliphatic hydroxyl groups is 2. The van der Waals surface area contributed by atoms with Crippen LogP contribution in [-0.2, 0) is 66.5 Å². The Bertz CT molecular complexity index is 4490. The van der Waals surface area contributed by atoms with Gasteiger partial charge in [0.15, 0.2) is 0 Å². The molecule has 8 N–H and O–H groups in total. The van der Waals surface area contributed by atoms with E-state index in [0.717, 1.165) is 82.5 Å². The topological polar surface area (TPSA) is 197 Å². The van der Waals surface area contributed by atoms with E-state index in [-0.39, 0.29) is 86.9 Å². The minimum atomic E-state index is -0.500. The number of hydrogen-bond acceptors (Lipinski definition) is 10. The first kappa shape index (κ1) is 79.0. The molecule has 0 aliphatic heterocycles. The Kier molecular flexibility index (Phi) is 28.9. The number of phenolic OH excluding ortho intramolecular Hbond substituents is 6. The first-order valence-electron chi connectivity index (χ1n) is 29.2. The molecule has 0 radical (unpaired) electrons. The fourth-order valence-corrected chi connectivity index (χ4v) is 12.4. The number of fused-ring (bicyclic) bond motifs is 6. The van der Waals surface area contributed by atoms with E-state index in [1.165, 1.54) is 0 Å². The van der Waals surface area contributed by atoms with Gasteiger partial charge in [0.25, 0.3) is 0 Å². The largest absolute Gasteiger partial charge is 0.507 e. The molecule has 490 valence electrons. The van der Waals surface area contributed by atoms with Crippen LogP contribution in [0.2, 0.25) is 0 Å². The first-order valence-corrected chi connectivity index (χ1v) is 34.0. The van der Waals surface area contributed by atoms with Gasteiger partial charge in [-0.2, -0.15) is 0 Å². The Morgan fingerprint density at radius 3 is 0.760 bits per heavy atom. The maximum atomic E-state index is 10.8. The number of aromatic nitrogens is 4. The predicted molar refractivity (Wildman–Crippen MR) is 407 cm³/mol. The van der Waals surface area contributed by atoms with Crippen LogP contribution in [0.1, 0.15) is 41.5 Å². The van der Waals surface area contributed by atoms with Crippen molar-refractivity contribution in [2.75, 3.05) is 0 Å². The maximum Gasteiger partial charge on any atom is 0.138 e. The van der Waals surface area contributed by atoms with E-state index in [1.54, 1.807) is 90.9 Å². The van der Waals surface area contributed by atoms with Crippen LogP contribution < -0.4 is 0 Å². The van der Waals surface area contributed by atoms with Crippen LogP contribution >= 0.6 is 95.6 Å². The second-order valence-electron chi connectivity index (χ2n) is 23.7. The number of nitrogens with zero attached hydrogens (tertiary/aromatic N) is 4. The van der Waals surface area contributed by atoms with Gasteiger partial charge in [0.05, 0.1) is 32.8 Å². The van der Waals surface area contributed by atoms with Crippen LogP contribution in [0.5, 0.6) is 34.5 Å². The van der Waals surface area contributed by atoms with Crippen LogP contribution in [0.3, 0.4) is 0 Å². The normalized spacial score (nSPS) is 10.8. The Labute approximate surface area is 646 Å². The van der Waals surface area contributed by atoms with Crippen molar-refractivity contribution in [1.29, 1.82) is 0 Å². The summed E-state index contributed by atoms with van der Waals surface area (Å²) in [5.74, 6) is 0.830. The van der Waals surface area contributed by atoms with E-state index in [9.17, 15) is 30.6 Å². The molecule has 20 heteroatoms. The van der Waals surface area contributed by atoms with Gasteiger partial charge < -0.3 is 50.0 Å². The molecule has 0 bridgehead atoms. The molecule has 0 unspecified atom stereocenters. The second kappa shape index (κ2) is 35.2. The van der Waals surface area contributed by atoms with E-state index in [4.69, 9.17) is 10.2 Å². The smallest absolute Gasteiger partial charge is 0.138 e. The number of rotatable bonds is 3. The molecular weight excluding hydrogens is 1760 g/mol. The molecule has 0 spiro atoms. The first-order chi connectivity index (χ1) is 44.4. The minimum absolute atomic E-state index is 0. The third kappa shape index (κ3) is 21.0. The fraction of sp³-hybridized carbons (Fsp3) is 0.132.